The number of alkyl halides is 3. The number of hydrogen-bond acceptors (Lipinski definition) is 2. The molecule has 1 heterocycles. The van der Waals surface area contributed by atoms with Crippen molar-refractivity contribution in [2.45, 2.75) is 25.1 Å². The zero-order chi connectivity index (χ0) is 10.1. The second kappa shape index (κ2) is 4.84. The Morgan fingerprint density at radius 1 is 1.43 bits per heavy atom. The lowest BCUT2D eigenvalue weighted by atomic mass is 9.92. The van der Waals surface area contributed by atoms with Gasteiger partial charge in [-0.1, -0.05) is 0 Å². The summed E-state index contributed by atoms with van der Waals surface area (Å²) < 4.78 is 36.5. The summed E-state index contributed by atoms with van der Waals surface area (Å²) in [5.41, 5.74) is 0. The molecule has 3 nitrogen and oxygen atoms in total. The van der Waals surface area contributed by atoms with Gasteiger partial charge in [-0.3, -0.25) is 4.79 Å². The van der Waals surface area contributed by atoms with Crippen LogP contribution in [0.4, 0.5) is 13.2 Å². The molecule has 0 saturated carbocycles. The normalized spacial score (nSPS) is 27.9. The highest BCUT2D eigenvalue weighted by Crippen LogP contribution is 2.33. The van der Waals surface area contributed by atoms with E-state index in [1.807, 2.05) is 0 Å². The first-order valence-electron chi connectivity index (χ1n) is 3.94. The number of carbonyl (C=O) groups is 1. The number of carboxylic acids is 1. The van der Waals surface area contributed by atoms with Crippen LogP contribution in [0.1, 0.15) is 12.8 Å². The molecule has 2 atom stereocenters. The Bertz CT molecular complexity index is 210. The SMILES string of the molecule is Cl.O=C(O)[C@@H]1C[C@H](C(F)(F)F)CCN1. The second-order valence-electron chi connectivity index (χ2n) is 3.11. The van der Waals surface area contributed by atoms with Gasteiger partial charge in [0.05, 0.1) is 5.92 Å². The third-order valence-corrected chi connectivity index (χ3v) is 2.16. The monoisotopic (exact) mass is 233 g/mol. The molecular weight excluding hydrogens is 223 g/mol. The van der Waals surface area contributed by atoms with Gasteiger partial charge in [-0.15, -0.1) is 12.4 Å². The maximum atomic E-state index is 12.2. The Morgan fingerprint density at radius 2 is 2.00 bits per heavy atom. The van der Waals surface area contributed by atoms with Crippen LogP contribution >= 0.6 is 12.4 Å². The molecule has 1 saturated heterocycles. The first kappa shape index (κ1) is 13.5. The molecule has 1 aliphatic heterocycles. The van der Waals surface area contributed by atoms with E-state index in [0.717, 1.165) is 0 Å². The molecule has 0 amide bonds. The van der Waals surface area contributed by atoms with Crippen LogP contribution < -0.4 is 5.32 Å². The van der Waals surface area contributed by atoms with Gasteiger partial charge in [0, 0.05) is 0 Å². The molecule has 0 radical (unpaired) electrons. The van der Waals surface area contributed by atoms with Gasteiger partial charge in [0.1, 0.15) is 6.04 Å². The first-order chi connectivity index (χ1) is 5.91. The maximum absolute atomic E-state index is 12.2. The number of aliphatic carboxylic acids is 1. The van der Waals surface area contributed by atoms with Crippen molar-refractivity contribution >= 4 is 18.4 Å². The zero-order valence-corrected chi connectivity index (χ0v) is 7.99. The molecule has 14 heavy (non-hydrogen) atoms. The zero-order valence-electron chi connectivity index (χ0n) is 7.17. The van der Waals surface area contributed by atoms with Crippen molar-refractivity contribution in [3.63, 3.8) is 0 Å². The minimum Gasteiger partial charge on any atom is -0.480 e. The first-order valence-corrected chi connectivity index (χ1v) is 3.94. The summed E-state index contributed by atoms with van der Waals surface area (Å²) in [5, 5.41) is 11.0. The Kier molecular flexibility index (Phi) is 4.67. The van der Waals surface area contributed by atoms with Gasteiger partial charge in [0.2, 0.25) is 0 Å². The van der Waals surface area contributed by atoms with E-state index in [1.54, 1.807) is 0 Å². The van der Waals surface area contributed by atoms with E-state index in [9.17, 15) is 18.0 Å². The summed E-state index contributed by atoms with van der Waals surface area (Å²) in [6, 6.07) is -1.06. The number of halogens is 4. The molecule has 0 spiro atoms. The molecule has 7 heteroatoms. The fourth-order valence-electron chi connectivity index (χ4n) is 1.40. The third-order valence-electron chi connectivity index (χ3n) is 2.16. The highest BCUT2D eigenvalue weighted by Gasteiger charge is 2.43. The summed E-state index contributed by atoms with van der Waals surface area (Å²) in [6.07, 6.45) is -4.66. The van der Waals surface area contributed by atoms with Crippen molar-refractivity contribution in [2.75, 3.05) is 6.54 Å². The molecule has 84 valence electrons. The minimum absolute atomic E-state index is 0. The van der Waals surface area contributed by atoms with Crippen molar-refractivity contribution in [3.8, 4) is 0 Å². The maximum Gasteiger partial charge on any atom is 0.391 e. The van der Waals surface area contributed by atoms with Gasteiger partial charge in [-0.2, -0.15) is 13.2 Å². The van der Waals surface area contributed by atoms with Gasteiger partial charge in [-0.05, 0) is 19.4 Å². The average molecular weight is 234 g/mol. The van der Waals surface area contributed by atoms with Crippen molar-refractivity contribution in [1.29, 1.82) is 0 Å². The Morgan fingerprint density at radius 3 is 2.43 bits per heavy atom. The standard InChI is InChI=1S/C7H10F3NO2.ClH/c8-7(9,10)4-1-2-11-5(3-4)6(12)13;/h4-5,11H,1-3H2,(H,12,13);1H/t4-,5+;/m1./s1. The van der Waals surface area contributed by atoms with E-state index in [-0.39, 0.29) is 31.8 Å². The molecule has 1 aliphatic rings. The lowest BCUT2D eigenvalue weighted by Crippen LogP contribution is -2.46. The highest BCUT2D eigenvalue weighted by atomic mass is 35.5. The summed E-state index contributed by atoms with van der Waals surface area (Å²) in [6.45, 7) is 0.112. The lowest BCUT2D eigenvalue weighted by molar-refractivity contribution is -0.184. The molecule has 0 aromatic carbocycles. The van der Waals surface area contributed by atoms with E-state index in [2.05, 4.69) is 5.32 Å². The quantitative estimate of drug-likeness (QED) is 0.720. The van der Waals surface area contributed by atoms with Gasteiger partial charge >= 0.3 is 12.1 Å². The number of rotatable bonds is 1. The van der Waals surface area contributed by atoms with Crippen LogP contribution in [0, 0.1) is 5.92 Å². The van der Waals surface area contributed by atoms with E-state index < -0.39 is 24.1 Å². The van der Waals surface area contributed by atoms with Crippen LogP contribution in [0.25, 0.3) is 0 Å². The molecule has 0 aliphatic carbocycles. The van der Waals surface area contributed by atoms with Crippen molar-refractivity contribution < 1.29 is 23.1 Å². The predicted molar refractivity (Wildman–Crippen MR) is 45.5 cm³/mol. The smallest absolute Gasteiger partial charge is 0.391 e. The van der Waals surface area contributed by atoms with Crippen molar-refractivity contribution in [3.05, 3.63) is 0 Å². The molecule has 0 unspecified atom stereocenters. The molecule has 0 aromatic rings. The molecule has 1 fully saturated rings. The second-order valence-corrected chi connectivity index (χ2v) is 3.11. The average Bonchev–Trinajstić information content (AvgIpc) is 2.03. The predicted octanol–water partition coefficient (Wildman–Crippen LogP) is 1.42. The summed E-state index contributed by atoms with van der Waals surface area (Å²) in [4.78, 5) is 10.4. The van der Waals surface area contributed by atoms with Crippen LogP contribution in [-0.2, 0) is 4.79 Å². The molecular formula is C7H11ClF3NO2. The van der Waals surface area contributed by atoms with Gasteiger partial charge in [0.25, 0.3) is 0 Å². The molecule has 2 N–H and O–H groups in total. The number of hydrogen-bond donors (Lipinski definition) is 2. The fraction of sp³-hybridized carbons (Fsp3) is 0.857. The Hall–Kier alpha value is -0.490. The van der Waals surface area contributed by atoms with Crippen LogP contribution in [0.5, 0.6) is 0 Å². The summed E-state index contributed by atoms with van der Waals surface area (Å²) >= 11 is 0. The van der Waals surface area contributed by atoms with Gasteiger partial charge in [-0.25, -0.2) is 0 Å². The summed E-state index contributed by atoms with van der Waals surface area (Å²) in [7, 11) is 0. The molecule has 1 rings (SSSR count). The van der Waals surface area contributed by atoms with E-state index >= 15 is 0 Å². The topological polar surface area (TPSA) is 49.3 Å². The number of nitrogens with one attached hydrogen (secondary N) is 1. The van der Waals surface area contributed by atoms with Crippen LogP contribution in [0.2, 0.25) is 0 Å². The van der Waals surface area contributed by atoms with Crippen LogP contribution in [0.3, 0.4) is 0 Å². The van der Waals surface area contributed by atoms with E-state index in [4.69, 9.17) is 5.11 Å². The largest absolute Gasteiger partial charge is 0.480 e. The van der Waals surface area contributed by atoms with Crippen molar-refractivity contribution in [2.24, 2.45) is 5.92 Å². The van der Waals surface area contributed by atoms with Crippen LogP contribution in [-0.4, -0.2) is 29.8 Å². The van der Waals surface area contributed by atoms with Crippen molar-refractivity contribution in [1.82, 2.24) is 5.32 Å². The Balaban J connectivity index is 0.00000169. The number of piperidine rings is 1. The highest BCUT2D eigenvalue weighted by molar-refractivity contribution is 5.85. The summed E-state index contributed by atoms with van der Waals surface area (Å²) in [5.74, 6) is -2.69. The van der Waals surface area contributed by atoms with Crippen LogP contribution in [0.15, 0.2) is 0 Å². The Labute approximate surface area is 85.1 Å². The fourth-order valence-corrected chi connectivity index (χ4v) is 1.40. The number of carboxylic acid groups (broad SMARTS) is 1. The minimum atomic E-state index is -4.27. The van der Waals surface area contributed by atoms with E-state index in [0.29, 0.717) is 0 Å². The molecule has 0 aromatic heterocycles. The molecule has 0 bridgehead atoms. The third kappa shape index (κ3) is 3.34. The van der Waals surface area contributed by atoms with E-state index in [1.165, 1.54) is 0 Å². The lowest BCUT2D eigenvalue weighted by Gasteiger charge is -2.29. The van der Waals surface area contributed by atoms with Gasteiger partial charge < -0.3 is 10.4 Å². The van der Waals surface area contributed by atoms with Gasteiger partial charge in [0.15, 0.2) is 0 Å².